The minimum Gasteiger partial charge on any atom is -0.504 e. The van der Waals surface area contributed by atoms with Gasteiger partial charge in [-0.15, -0.1) is 0 Å². The van der Waals surface area contributed by atoms with Gasteiger partial charge in [-0.2, -0.15) is 0 Å². The summed E-state index contributed by atoms with van der Waals surface area (Å²) in [4.78, 5) is 10.5. The van der Waals surface area contributed by atoms with Gasteiger partial charge in [0.15, 0.2) is 11.5 Å². The van der Waals surface area contributed by atoms with Crippen LogP contribution in [-0.4, -0.2) is 18.1 Å². The number of amides is 1. The number of carbonyl (C=O) groups is 1. The van der Waals surface area contributed by atoms with Crippen molar-refractivity contribution in [3.8, 4) is 11.5 Å². The van der Waals surface area contributed by atoms with Crippen molar-refractivity contribution >= 4 is 12.0 Å². The quantitative estimate of drug-likeness (QED) is 0.731. The van der Waals surface area contributed by atoms with E-state index in [1.165, 1.54) is 19.3 Å². The number of aryl methyl sites for hydroxylation is 1. The summed E-state index contributed by atoms with van der Waals surface area (Å²) < 4.78 is 4.97. The van der Waals surface area contributed by atoms with E-state index in [2.05, 4.69) is 0 Å². The Bertz CT molecular complexity index is 411. The van der Waals surface area contributed by atoms with E-state index in [9.17, 15) is 9.90 Å². The smallest absolute Gasteiger partial charge is 0.241 e. The van der Waals surface area contributed by atoms with Crippen LogP contribution in [-0.2, 0) is 4.79 Å². The zero-order valence-electron chi connectivity index (χ0n) is 8.65. The van der Waals surface area contributed by atoms with Gasteiger partial charge in [0.2, 0.25) is 5.91 Å². The highest BCUT2D eigenvalue weighted by molar-refractivity contribution is 5.90. The summed E-state index contributed by atoms with van der Waals surface area (Å²) in [7, 11) is 1.47. The molecule has 0 aromatic heterocycles. The molecule has 0 aliphatic rings. The van der Waals surface area contributed by atoms with Crippen LogP contribution >= 0.6 is 0 Å². The highest BCUT2D eigenvalue weighted by Crippen LogP contribution is 2.31. The Kier molecular flexibility index (Phi) is 3.33. The van der Waals surface area contributed by atoms with Crippen molar-refractivity contribution in [3.05, 3.63) is 29.3 Å². The third-order valence-electron chi connectivity index (χ3n) is 1.90. The van der Waals surface area contributed by atoms with Crippen molar-refractivity contribution in [1.29, 1.82) is 0 Å². The molecular weight excluding hydrogens is 194 g/mol. The molecule has 0 aliphatic heterocycles. The second-order valence-electron chi connectivity index (χ2n) is 3.14. The molecule has 0 spiro atoms. The Hall–Kier alpha value is -1.97. The Morgan fingerprint density at radius 3 is 2.73 bits per heavy atom. The second-order valence-corrected chi connectivity index (χ2v) is 3.14. The van der Waals surface area contributed by atoms with Gasteiger partial charge in [0, 0.05) is 11.6 Å². The monoisotopic (exact) mass is 207 g/mol. The van der Waals surface area contributed by atoms with Gasteiger partial charge >= 0.3 is 0 Å². The second kappa shape index (κ2) is 4.50. The minimum atomic E-state index is -0.560. The number of rotatable bonds is 3. The third kappa shape index (κ3) is 2.74. The molecule has 15 heavy (non-hydrogen) atoms. The number of methoxy groups -OCH3 is 1. The van der Waals surface area contributed by atoms with Gasteiger partial charge in [0.05, 0.1) is 7.11 Å². The van der Waals surface area contributed by atoms with Crippen molar-refractivity contribution in [2.24, 2.45) is 5.73 Å². The lowest BCUT2D eigenvalue weighted by Crippen LogP contribution is -2.05. The normalized spacial score (nSPS) is 10.5. The Morgan fingerprint density at radius 1 is 1.53 bits per heavy atom. The highest BCUT2D eigenvalue weighted by atomic mass is 16.5. The van der Waals surface area contributed by atoms with Crippen LogP contribution in [0.1, 0.15) is 11.1 Å². The minimum absolute atomic E-state index is 0.000556. The van der Waals surface area contributed by atoms with Crippen LogP contribution in [0.3, 0.4) is 0 Å². The van der Waals surface area contributed by atoms with Crippen LogP contribution in [0.5, 0.6) is 11.5 Å². The fourth-order valence-corrected chi connectivity index (χ4v) is 1.23. The molecule has 0 heterocycles. The van der Waals surface area contributed by atoms with Crippen LogP contribution in [0.25, 0.3) is 6.08 Å². The van der Waals surface area contributed by atoms with E-state index in [-0.39, 0.29) is 5.75 Å². The number of phenolic OH excluding ortho intramolecular Hbond substituents is 1. The number of benzene rings is 1. The summed E-state index contributed by atoms with van der Waals surface area (Å²) >= 11 is 0. The molecule has 0 saturated carbocycles. The number of phenols is 1. The molecule has 1 aromatic rings. The zero-order chi connectivity index (χ0) is 11.4. The molecule has 0 fully saturated rings. The van der Waals surface area contributed by atoms with Crippen molar-refractivity contribution in [1.82, 2.24) is 0 Å². The maximum Gasteiger partial charge on any atom is 0.241 e. The molecule has 1 aromatic carbocycles. The van der Waals surface area contributed by atoms with Gasteiger partial charge in [-0.1, -0.05) is 0 Å². The molecule has 0 bridgehead atoms. The molecule has 3 N–H and O–H groups in total. The van der Waals surface area contributed by atoms with E-state index in [0.717, 1.165) is 5.56 Å². The molecule has 0 radical (unpaired) electrons. The molecule has 0 aliphatic carbocycles. The Morgan fingerprint density at radius 2 is 2.20 bits per heavy atom. The Labute approximate surface area is 88.0 Å². The first-order valence-electron chi connectivity index (χ1n) is 4.39. The number of hydrogen-bond acceptors (Lipinski definition) is 3. The van der Waals surface area contributed by atoms with E-state index in [1.807, 2.05) is 6.92 Å². The van der Waals surface area contributed by atoms with E-state index < -0.39 is 5.91 Å². The van der Waals surface area contributed by atoms with Gasteiger partial charge in [-0.05, 0) is 30.7 Å². The predicted molar refractivity (Wildman–Crippen MR) is 57.6 cm³/mol. The maximum atomic E-state index is 10.5. The molecule has 1 amide bonds. The fourth-order valence-electron chi connectivity index (χ4n) is 1.23. The van der Waals surface area contributed by atoms with Crippen molar-refractivity contribution in [2.75, 3.05) is 7.11 Å². The number of hydrogen-bond donors (Lipinski definition) is 2. The molecule has 1 rings (SSSR count). The van der Waals surface area contributed by atoms with Crippen LogP contribution in [0, 0.1) is 6.92 Å². The van der Waals surface area contributed by atoms with Gasteiger partial charge < -0.3 is 15.6 Å². The fraction of sp³-hybridized carbons (Fsp3) is 0.182. The summed E-state index contributed by atoms with van der Waals surface area (Å²) in [5.74, 6) is -0.186. The van der Waals surface area contributed by atoms with Gasteiger partial charge in [-0.25, -0.2) is 0 Å². The molecule has 0 unspecified atom stereocenters. The standard InChI is InChI=1S/C11H13NO3/c1-7-5-8(3-4-10(12)13)11(14)9(6-7)15-2/h3-6,14H,1-2H3,(H2,12,13)/b4-3+. The van der Waals surface area contributed by atoms with E-state index in [4.69, 9.17) is 10.5 Å². The number of ether oxygens (including phenoxy) is 1. The van der Waals surface area contributed by atoms with E-state index in [1.54, 1.807) is 12.1 Å². The summed E-state index contributed by atoms with van der Waals surface area (Å²) in [6, 6.07) is 3.44. The predicted octanol–water partition coefficient (Wildman–Crippen LogP) is 1.21. The van der Waals surface area contributed by atoms with Crippen LogP contribution < -0.4 is 10.5 Å². The van der Waals surface area contributed by atoms with Crippen molar-refractivity contribution < 1.29 is 14.6 Å². The number of carbonyl (C=O) groups excluding carboxylic acids is 1. The van der Waals surface area contributed by atoms with Gasteiger partial charge in [0.1, 0.15) is 0 Å². The van der Waals surface area contributed by atoms with Crippen LogP contribution in [0.4, 0.5) is 0 Å². The first kappa shape index (κ1) is 11.1. The van der Waals surface area contributed by atoms with Crippen LogP contribution in [0.2, 0.25) is 0 Å². The maximum absolute atomic E-state index is 10.5. The largest absolute Gasteiger partial charge is 0.504 e. The third-order valence-corrected chi connectivity index (χ3v) is 1.90. The molecule has 4 heteroatoms. The zero-order valence-corrected chi connectivity index (χ0v) is 8.65. The average molecular weight is 207 g/mol. The van der Waals surface area contributed by atoms with Crippen molar-refractivity contribution in [2.45, 2.75) is 6.92 Å². The average Bonchev–Trinajstić information content (AvgIpc) is 2.18. The first-order chi connectivity index (χ1) is 7.04. The summed E-state index contributed by atoms with van der Waals surface area (Å²) in [6.45, 7) is 1.86. The number of aromatic hydroxyl groups is 1. The number of nitrogens with two attached hydrogens (primary N) is 1. The lowest BCUT2D eigenvalue weighted by Gasteiger charge is -2.07. The lowest BCUT2D eigenvalue weighted by atomic mass is 10.1. The molecular formula is C11H13NO3. The van der Waals surface area contributed by atoms with Gasteiger partial charge in [-0.3, -0.25) is 4.79 Å². The van der Waals surface area contributed by atoms with Crippen LogP contribution in [0.15, 0.2) is 18.2 Å². The molecule has 80 valence electrons. The van der Waals surface area contributed by atoms with Gasteiger partial charge in [0.25, 0.3) is 0 Å². The number of primary amides is 1. The molecule has 4 nitrogen and oxygen atoms in total. The van der Waals surface area contributed by atoms with E-state index >= 15 is 0 Å². The SMILES string of the molecule is COc1cc(C)cc(/C=C/C(N)=O)c1O. The van der Waals surface area contributed by atoms with Crippen molar-refractivity contribution in [3.63, 3.8) is 0 Å². The van der Waals surface area contributed by atoms with E-state index in [0.29, 0.717) is 11.3 Å². The molecule has 0 atom stereocenters. The lowest BCUT2D eigenvalue weighted by molar-refractivity contribution is -0.113. The summed E-state index contributed by atoms with van der Waals surface area (Å²) in [5.41, 5.74) is 6.39. The Balaban J connectivity index is 3.17. The topological polar surface area (TPSA) is 72.5 Å². The summed E-state index contributed by atoms with van der Waals surface area (Å²) in [5, 5.41) is 9.70. The first-order valence-corrected chi connectivity index (χ1v) is 4.39. The highest BCUT2D eigenvalue weighted by Gasteiger charge is 2.06. The summed E-state index contributed by atoms with van der Waals surface area (Å²) in [6.07, 6.45) is 2.64. The molecule has 0 saturated heterocycles.